The van der Waals surface area contributed by atoms with Crippen LogP contribution in [0.1, 0.15) is 61.8 Å². The SMILES string of the molecule is CCN1C=Cc2nc3ccccc3c(C3CCCCC3)c2C=C1. The molecule has 2 heteroatoms. The lowest BCUT2D eigenvalue weighted by atomic mass is 9.80. The van der Waals surface area contributed by atoms with Gasteiger partial charge in [-0.15, -0.1) is 0 Å². The Morgan fingerprint density at radius 3 is 2.65 bits per heavy atom. The molecule has 0 radical (unpaired) electrons. The first-order valence-corrected chi connectivity index (χ1v) is 8.91. The van der Waals surface area contributed by atoms with Crippen molar-refractivity contribution >= 4 is 23.1 Å². The van der Waals surface area contributed by atoms with E-state index in [1.165, 1.54) is 48.6 Å². The maximum absolute atomic E-state index is 4.94. The Kier molecular flexibility index (Phi) is 3.90. The highest BCUT2D eigenvalue weighted by molar-refractivity contribution is 5.89. The highest BCUT2D eigenvalue weighted by Gasteiger charge is 2.23. The second-order valence-corrected chi connectivity index (χ2v) is 6.64. The third kappa shape index (κ3) is 2.67. The van der Waals surface area contributed by atoms with Crippen LogP contribution in [0.3, 0.4) is 0 Å². The van der Waals surface area contributed by atoms with Crippen molar-refractivity contribution in [2.45, 2.75) is 44.9 Å². The van der Waals surface area contributed by atoms with Crippen molar-refractivity contribution in [1.29, 1.82) is 0 Å². The van der Waals surface area contributed by atoms with E-state index in [0.29, 0.717) is 5.92 Å². The molecule has 1 saturated carbocycles. The molecule has 23 heavy (non-hydrogen) atoms. The first-order valence-electron chi connectivity index (χ1n) is 8.91. The topological polar surface area (TPSA) is 16.1 Å². The van der Waals surface area contributed by atoms with Crippen molar-refractivity contribution in [3.8, 4) is 0 Å². The van der Waals surface area contributed by atoms with Gasteiger partial charge in [0, 0.05) is 29.9 Å². The quantitative estimate of drug-likeness (QED) is 0.722. The molecule has 0 saturated heterocycles. The second-order valence-electron chi connectivity index (χ2n) is 6.64. The number of fused-ring (bicyclic) bond motifs is 2. The highest BCUT2D eigenvalue weighted by Crippen LogP contribution is 2.40. The minimum atomic E-state index is 0.677. The normalized spacial score (nSPS) is 18.2. The van der Waals surface area contributed by atoms with Crippen LogP contribution in [-0.4, -0.2) is 16.4 Å². The average Bonchev–Trinajstić information content (AvgIpc) is 2.82. The predicted octanol–water partition coefficient (Wildman–Crippen LogP) is 5.56. The van der Waals surface area contributed by atoms with Gasteiger partial charge in [0.15, 0.2) is 0 Å². The number of aromatic nitrogens is 1. The van der Waals surface area contributed by atoms with Crippen molar-refractivity contribution in [3.63, 3.8) is 0 Å². The summed E-state index contributed by atoms with van der Waals surface area (Å²) in [5, 5.41) is 1.35. The van der Waals surface area contributed by atoms with Gasteiger partial charge in [-0.3, -0.25) is 0 Å². The van der Waals surface area contributed by atoms with E-state index in [2.05, 4.69) is 60.6 Å². The first-order chi connectivity index (χ1) is 11.4. The number of pyridine rings is 1. The summed E-state index contributed by atoms with van der Waals surface area (Å²) in [5.41, 5.74) is 5.12. The molecule has 0 unspecified atom stereocenters. The molecule has 0 spiro atoms. The van der Waals surface area contributed by atoms with Gasteiger partial charge in [0.05, 0.1) is 11.2 Å². The minimum absolute atomic E-state index is 0.677. The number of hydrogen-bond acceptors (Lipinski definition) is 2. The van der Waals surface area contributed by atoms with Gasteiger partial charge in [0.1, 0.15) is 0 Å². The van der Waals surface area contributed by atoms with Crippen LogP contribution in [-0.2, 0) is 0 Å². The van der Waals surface area contributed by atoms with Gasteiger partial charge in [-0.2, -0.15) is 0 Å². The molecular weight excluding hydrogens is 280 g/mol. The Bertz CT molecular complexity index is 767. The first kappa shape index (κ1) is 14.5. The molecule has 0 atom stereocenters. The average molecular weight is 304 g/mol. The van der Waals surface area contributed by atoms with Crippen molar-refractivity contribution in [2.24, 2.45) is 0 Å². The van der Waals surface area contributed by atoms with Crippen LogP contribution in [0.15, 0.2) is 36.7 Å². The minimum Gasteiger partial charge on any atom is -0.354 e. The Labute approximate surface area is 138 Å². The predicted molar refractivity (Wildman–Crippen MR) is 98.0 cm³/mol. The lowest BCUT2D eigenvalue weighted by Gasteiger charge is -2.25. The molecule has 1 aliphatic carbocycles. The van der Waals surface area contributed by atoms with Crippen LogP contribution >= 0.6 is 0 Å². The van der Waals surface area contributed by atoms with Crippen LogP contribution in [0.5, 0.6) is 0 Å². The molecule has 4 rings (SSSR count). The summed E-state index contributed by atoms with van der Waals surface area (Å²) in [6.07, 6.45) is 15.5. The lowest BCUT2D eigenvalue weighted by Crippen LogP contribution is -2.09. The van der Waals surface area contributed by atoms with E-state index in [0.717, 1.165) is 17.8 Å². The van der Waals surface area contributed by atoms with E-state index in [1.807, 2.05) is 0 Å². The number of hydrogen-bond donors (Lipinski definition) is 0. The summed E-state index contributed by atoms with van der Waals surface area (Å²) in [5.74, 6) is 0.677. The number of para-hydroxylation sites is 1. The van der Waals surface area contributed by atoms with Gasteiger partial charge in [-0.25, -0.2) is 4.98 Å². The van der Waals surface area contributed by atoms with E-state index < -0.39 is 0 Å². The number of nitrogens with zero attached hydrogens (tertiary/aromatic N) is 2. The number of rotatable bonds is 2. The van der Waals surface area contributed by atoms with Gasteiger partial charge in [-0.1, -0.05) is 37.5 Å². The van der Waals surface area contributed by atoms with Crippen LogP contribution in [0.25, 0.3) is 23.1 Å². The van der Waals surface area contributed by atoms with Gasteiger partial charge in [0.2, 0.25) is 0 Å². The fourth-order valence-corrected chi connectivity index (χ4v) is 4.00. The molecule has 0 amide bonds. The van der Waals surface area contributed by atoms with E-state index in [1.54, 1.807) is 0 Å². The summed E-state index contributed by atoms with van der Waals surface area (Å²) in [7, 11) is 0. The fraction of sp³-hybridized carbons (Fsp3) is 0.381. The van der Waals surface area contributed by atoms with Crippen molar-refractivity contribution < 1.29 is 0 Å². The molecule has 2 aromatic rings. The smallest absolute Gasteiger partial charge is 0.0727 e. The molecular formula is C21H24N2. The molecule has 1 aliphatic heterocycles. The molecule has 2 heterocycles. The summed E-state index contributed by atoms with van der Waals surface area (Å²) in [6, 6.07) is 8.66. The monoisotopic (exact) mass is 304 g/mol. The Morgan fingerprint density at radius 2 is 1.83 bits per heavy atom. The summed E-state index contributed by atoms with van der Waals surface area (Å²) in [4.78, 5) is 7.15. The van der Waals surface area contributed by atoms with Crippen LogP contribution in [0, 0.1) is 0 Å². The molecule has 1 fully saturated rings. The Morgan fingerprint density at radius 1 is 1.04 bits per heavy atom. The van der Waals surface area contributed by atoms with Gasteiger partial charge >= 0.3 is 0 Å². The molecule has 2 nitrogen and oxygen atoms in total. The van der Waals surface area contributed by atoms with Gasteiger partial charge < -0.3 is 4.90 Å². The van der Waals surface area contributed by atoms with Crippen molar-refractivity contribution in [1.82, 2.24) is 9.88 Å². The maximum atomic E-state index is 4.94. The van der Waals surface area contributed by atoms with Crippen molar-refractivity contribution in [3.05, 3.63) is 53.5 Å². The summed E-state index contributed by atoms with van der Waals surface area (Å²) >= 11 is 0. The highest BCUT2D eigenvalue weighted by atomic mass is 15.1. The summed E-state index contributed by atoms with van der Waals surface area (Å²) < 4.78 is 0. The number of benzene rings is 1. The fourth-order valence-electron chi connectivity index (χ4n) is 4.00. The van der Waals surface area contributed by atoms with Crippen molar-refractivity contribution in [2.75, 3.05) is 6.54 Å². The largest absolute Gasteiger partial charge is 0.354 e. The maximum Gasteiger partial charge on any atom is 0.0727 e. The molecule has 0 N–H and O–H groups in total. The Hall–Kier alpha value is -2.09. The molecule has 0 bridgehead atoms. The molecule has 1 aromatic carbocycles. The van der Waals surface area contributed by atoms with Crippen LogP contribution in [0.2, 0.25) is 0 Å². The van der Waals surface area contributed by atoms with Crippen LogP contribution < -0.4 is 0 Å². The van der Waals surface area contributed by atoms with Crippen LogP contribution in [0.4, 0.5) is 0 Å². The van der Waals surface area contributed by atoms with E-state index in [9.17, 15) is 0 Å². The standard InChI is InChI=1S/C21H24N2/c1-2-23-14-12-18-20(13-15-23)22-19-11-7-6-10-17(19)21(18)16-8-4-3-5-9-16/h6-7,10-16H,2-5,8-9H2,1H3. The van der Waals surface area contributed by atoms with Gasteiger partial charge in [-0.05, 0) is 49.5 Å². The van der Waals surface area contributed by atoms with E-state index in [4.69, 9.17) is 4.98 Å². The molecule has 2 aliphatic rings. The molecule has 1 aromatic heterocycles. The molecule has 118 valence electrons. The summed E-state index contributed by atoms with van der Waals surface area (Å²) in [6.45, 7) is 3.16. The zero-order chi connectivity index (χ0) is 15.6. The zero-order valence-corrected chi connectivity index (χ0v) is 13.8. The Balaban J connectivity index is 1.95. The third-order valence-corrected chi connectivity index (χ3v) is 5.24. The van der Waals surface area contributed by atoms with Gasteiger partial charge in [0.25, 0.3) is 0 Å². The van der Waals surface area contributed by atoms with E-state index >= 15 is 0 Å². The third-order valence-electron chi connectivity index (χ3n) is 5.24. The van der Waals surface area contributed by atoms with E-state index in [-0.39, 0.29) is 0 Å². The zero-order valence-electron chi connectivity index (χ0n) is 13.8. The lowest BCUT2D eigenvalue weighted by molar-refractivity contribution is 0.445. The second kappa shape index (κ2) is 6.19.